The molecule has 0 fully saturated rings. The minimum atomic E-state index is -4.47. The van der Waals surface area contributed by atoms with E-state index in [-0.39, 0.29) is 23.7 Å². The average Bonchev–Trinajstić information content (AvgIpc) is 3.19. The fourth-order valence-corrected chi connectivity index (χ4v) is 2.56. The maximum Gasteiger partial charge on any atom is 0.416 e. The molecule has 3 aromatic rings. The Morgan fingerprint density at radius 3 is 2.41 bits per heavy atom. The summed E-state index contributed by atoms with van der Waals surface area (Å²) in [5.41, 5.74) is 0.159. The van der Waals surface area contributed by atoms with Gasteiger partial charge < -0.3 is 14.5 Å². The lowest BCUT2D eigenvalue weighted by Gasteiger charge is -2.07. The van der Waals surface area contributed by atoms with Crippen molar-refractivity contribution in [1.29, 1.82) is 0 Å². The highest BCUT2D eigenvalue weighted by atomic mass is 19.4. The van der Waals surface area contributed by atoms with Gasteiger partial charge >= 0.3 is 12.1 Å². The third-order valence-corrected chi connectivity index (χ3v) is 3.96. The number of hydrogen-bond acceptors (Lipinski definition) is 4. The Balaban J connectivity index is 1.72. The van der Waals surface area contributed by atoms with Crippen LogP contribution in [-0.4, -0.2) is 18.5 Å². The van der Waals surface area contributed by atoms with Crippen LogP contribution in [0.25, 0.3) is 11.3 Å². The van der Waals surface area contributed by atoms with Gasteiger partial charge in [-0.3, -0.25) is 4.79 Å². The maximum atomic E-state index is 12.9. The molecule has 1 amide bonds. The summed E-state index contributed by atoms with van der Waals surface area (Å²) in [6.45, 7) is 1.95. The van der Waals surface area contributed by atoms with E-state index in [1.165, 1.54) is 48.5 Å². The van der Waals surface area contributed by atoms with Crippen molar-refractivity contribution < 1.29 is 31.9 Å². The summed E-state index contributed by atoms with van der Waals surface area (Å²) in [4.78, 5) is 24.0. The first-order valence-electron chi connectivity index (χ1n) is 8.64. The summed E-state index contributed by atoms with van der Waals surface area (Å²) in [5, 5.41) is 2.59. The molecule has 150 valence electrons. The number of esters is 1. The molecule has 0 atom stereocenters. The predicted molar refractivity (Wildman–Crippen MR) is 99.5 cm³/mol. The fourth-order valence-electron chi connectivity index (χ4n) is 2.56. The molecule has 0 spiro atoms. The zero-order valence-electron chi connectivity index (χ0n) is 15.2. The Labute approximate surface area is 164 Å². The second kappa shape index (κ2) is 8.22. The van der Waals surface area contributed by atoms with E-state index in [9.17, 15) is 22.8 Å². The van der Waals surface area contributed by atoms with Crippen LogP contribution in [0.15, 0.2) is 65.1 Å². The van der Waals surface area contributed by atoms with Crippen molar-refractivity contribution in [2.75, 3.05) is 11.9 Å². The Kier molecular flexibility index (Phi) is 5.72. The monoisotopic (exact) mass is 403 g/mol. The van der Waals surface area contributed by atoms with E-state index >= 15 is 0 Å². The summed E-state index contributed by atoms with van der Waals surface area (Å²) < 4.78 is 48.9. The minimum Gasteiger partial charge on any atom is -0.462 e. The van der Waals surface area contributed by atoms with Crippen molar-refractivity contribution in [1.82, 2.24) is 0 Å². The maximum absolute atomic E-state index is 12.9. The van der Waals surface area contributed by atoms with E-state index in [0.29, 0.717) is 11.3 Å². The van der Waals surface area contributed by atoms with Crippen LogP contribution in [0.2, 0.25) is 0 Å². The highest BCUT2D eigenvalue weighted by molar-refractivity contribution is 6.02. The van der Waals surface area contributed by atoms with E-state index in [0.717, 1.165) is 12.1 Å². The van der Waals surface area contributed by atoms with Crippen molar-refractivity contribution in [2.24, 2.45) is 0 Å². The molecular weight excluding hydrogens is 387 g/mol. The Bertz CT molecular complexity index is 1020. The normalized spacial score (nSPS) is 11.2. The average molecular weight is 403 g/mol. The fraction of sp³-hybridized carbons (Fsp3) is 0.143. The second-order valence-electron chi connectivity index (χ2n) is 5.99. The van der Waals surface area contributed by atoms with Crippen LogP contribution >= 0.6 is 0 Å². The van der Waals surface area contributed by atoms with Gasteiger partial charge in [-0.25, -0.2) is 4.79 Å². The molecule has 5 nitrogen and oxygen atoms in total. The van der Waals surface area contributed by atoms with Crippen LogP contribution < -0.4 is 5.32 Å². The number of furan rings is 1. The van der Waals surface area contributed by atoms with Crippen LogP contribution in [0, 0.1) is 0 Å². The molecule has 0 aliphatic rings. The van der Waals surface area contributed by atoms with Crippen LogP contribution in [0.3, 0.4) is 0 Å². The second-order valence-corrected chi connectivity index (χ2v) is 5.99. The van der Waals surface area contributed by atoms with Gasteiger partial charge in [-0.2, -0.15) is 13.2 Å². The number of rotatable bonds is 5. The zero-order chi connectivity index (χ0) is 21.0. The van der Waals surface area contributed by atoms with Gasteiger partial charge in [0.15, 0.2) is 5.76 Å². The largest absolute Gasteiger partial charge is 0.462 e. The first-order chi connectivity index (χ1) is 13.8. The predicted octanol–water partition coefficient (Wildman–Crippen LogP) is 5.39. The van der Waals surface area contributed by atoms with Crippen LogP contribution in [0.4, 0.5) is 18.9 Å². The third kappa shape index (κ3) is 4.84. The molecule has 1 N–H and O–H groups in total. The quantitative estimate of drug-likeness (QED) is 0.580. The van der Waals surface area contributed by atoms with Gasteiger partial charge in [0.25, 0.3) is 5.91 Å². The highest BCUT2D eigenvalue weighted by Crippen LogP contribution is 2.32. The lowest BCUT2D eigenvalue weighted by Crippen LogP contribution is -2.11. The molecule has 2 aromatic carbocycles. The standard InChI is InChI=1S/C21H16F3NO4/c1-2-28-20(27)13-6-8-16(9-7-13)25-19(26)18-11-10-17(29-18)14-4-3-5-15(12-14)21(22,23)24/h3-12H,2H2,1H3,(H,25,26). The lowest BCUT2D eigenvalue weighted by atomic mass is 10.1. The van der Waals surface area contributed by atoms with Crippen molar-refractivity contribution in [3.63, 3.8) is 0 Å². The van der Waals surface area contributed by atoms with E-state index in [2.05, 4.69) is 5.32 Å². The van der Waals surface area contributed by atoms with Gasteiger partial charge in [-0.1, -0.05) is 12.1 Å². The third-order valence-electron chi connectivity index (χ3n) is 3.96. The number of ether oxygens (including phenoxy) is 1. The van der Waals surface area contributed by atoms with Gasteiger partial charge in [-0.15, -0.1) is 0 Å². The highest BCUT2D eigenvalue weighted by Gasteiger charge is 2.30. The van der Waals surface area contributed by atoms with Crippen molar-refractivity contribution in [3.8, 4) is 11.3 Å². The molecular formula is C21H16F3NO4. The van der Waals surface area contributed by atoms with Crippen molar-refractivity contribution in [3.05, 3.63) is 77.6 Å². The number of anilines is 1. The number of nitrogens with one attached hydrogen (secondary N) is 1. The molecule has 3 rings (SSSR count). The van der Waals surface area contributed by atoms with Crippen molar-refractivity contribution in [2.45, 2.75) is 13.1 Å². The number of carbonyl (C=O) groups is 2. The summed E-state index contributed by atoms with van der Waals surface area (Å²) >= 11 is 0. The Hall–Kier alpha value is -3.55. The summed E-state index contributed by atoms with van der Waals surface area (Å²) in [5.74, 6) is -0.972. The molecule has 0 saturated carbocycles. The number of halogens is 3. The minimum absolute atomic E-state index is 0.0631. The molecule has 0 saturated heterocycles. The number of amides is 1. The van der Waals surface area contributed by atoms with Gasteiger partial charge in [0.2, 0.25) is 0 Å². The molecule has 8 heteroatoms. The summed E-state index contributed by atoms with van der Waals surface area (Å²) in [6.07, 6.45) is -4.47. The van der Waals surface area contributed by atoms with E-state index < -0.39 is 23.6 Å². The summed E-state index contributed by atoms with van der Waals surface area (Å²) in [7, 11) is 0. The molecule has 0 unspecified atom stereocenters. The van der Waals surface area contributed by atoms with E-state index in [4.69, 9.17) is 9.15 Å². The Morgan fingerprint density at radius 2 is 1.76 bits per heavy atom. The van der Waals surface area contributed by atoms with Crippen molar-refractivity contribution >= 4 is 17.6 Å². The molecule has 1 aromatic heterocycles. The molecule has 0 bridgehead atoms. The van der Waals surface area contributed by atoms with Crippen LogP contribution in [0.5, 0.6) is 0 Å². The van der Waals surface area contributed by atoms with E-state index in [1.807, 2.05) is 0 Å². The topological polar surface area (TPSA) is 68.5 Å². The molecule has 0 radical (unpaired) electrons. The number of carbonyl (C=O) groups excluding carboxylic acids is 2. The van der Waals surface area contributed by atoms with Crippen LogP contribution in [-0.2, 0) is 10.9 Å². The van der Waals surface area contributed by atoms with Gasteiger partial charge in [-0.05, 0) is 55.5 Å². The van der Waals surface area contributed by atoms with Gasteiger partial charge in [0, 0.05) is 11.3 Å². The Morgan fingerprint density at radius 1 is 1.03 bits per heavy atom. The summed E-state index contributed by atoms with van der Waals surface area (Å²) in [6, 6.07) is 13.5. The van der Waals surface area contributed by atoms with Crippen LogP contribution in [0.1, 0.15) is 33.4 Å². The first kappa shape index (κ1) is 20.2. The number of benzene rings is 2. The molecule has 29 heavy (non-hydrogen) atoms. The molecule has 1 heterocycles. The smallest absolute Gasteiger partial charge is 0.416 e. The number of alkyl halides is 3. The lowest BCUT2D eigenvalue weighted by molar-refractivity contribution is -0.137. The first-order valence-corrected chi connectivity index (χ1v) is 8.64. The van der Waals surface area contributed by atoms with E-state index in [1.54, 1.807) is 6.92 Å². The number of hydrogen-bond donors (Lipinski definition) is 1. The molecule has 0 aliphatic heterocycles. The SMILES string of the molecule is CCOC(=O)c1ccc(NC(=O)c2ccc(-c3cccc(C(F)(F)F)c3)o2)cc1. The molecule has 0 aliphatic carbocycles. The zero-order valence-corrected chi connectivity index (χ0v) is 15.2. The van der Waals surface area contributed by atoms with Gasteiger partial charge in [0.1, 0.15) is 5.76 Å². The van der Waals surface area contributed by atoms with Gasteiger partial charge in [0.05, 0.1) is 17.7 Å².